The summed E-state index contributed by atoms with van der Waals surface area (Å²) < 4.78 is 0. The van der Waals surface area contributed by atoms with E-state index in [0.29, 0.717) is 0 Å². The van der Waals surface area contributed by atoms with E-state index in [0.717, 1.165) is 6.04 Å². The minimum Gasteiger partial charge on any atom is -0.300 e. The first-order valence-corrected chi connectivity index (χ1v) is 3.94. The SMILES string of the molecule is [C]1CCN2CCCCC12. The molecule has 9 heavy (non-hydrogen) atoms. The molecule has 0 aromatic heterocycles. The molecule has 0 bridgehead atoms. The Morgan fingerprint density at radius 3 is 3.11 bits per heavy atom. The summed E-state index contributed by atoms with van der Waals surface area (Å²) in [6, 6.07) is 0.749. The van der Waals surface area contributed by atoms with Crippen LogP contribution in [0, 0.1) is 6.42 Å². The van der Waals surface area contributed by atoms with Gasteiger partial charge >= 0.3 is 0 Å². The molecular weight excluding hydrogens is 110 g/mol. The third kappa shape index (κ3) is 0.983. The summed E-state index contributed by atoms with van der Waals surface area (Å²) in [5.74, 6) is 0. The van der Waals surface area contributed by atoms with E-state index < -0.39 is 0 Å². The molecule has 1 heteroatoms. The lowest BCUT2D eigenvalue weighted by Crippen LogP contribution is -2.33. The first kappa shape index (κ1) is 5.72. The van der Waals surface area contributed by atoms with E-state index in [1.54, 1.807) is 0 Å². The van der Waals surface area contributed by atoms with Gasteiger partial charge in [-0.15, -0.1) is 0 Å². The Labute approximate surface area is 57.0 Å². The molecule has 0 saturated carbocycles. The predicted molar refractivity (Wildman–Crippen MR) is 37.1 cm³/mol. The van der Waals surface area contributed by atoms with Crippen LogP contribution in [0.1, 0.15) is 25.7 Å². The summed E-state index contributed by atoms with van der Waals surface area (Å²) in [4.78, 5) is 2.56. The van der Waals surface area contributed by atoms with Gasteiger partial charge in [0.25, 0.3) is 0 Å². The van der Waals surface area contributed by atoms with Gasteiger partial charge in [0.2, 0.25) is 0 Å². The molecule has 1 unspecified atom stereocenters. The van der Waals surface area contributed by atoms with E-state index >= 15 is 0 Å². The lowest BCUT2D eigenvalue weighted by Gasteiger charge is -2.28. The maximum atomic E-state index is 3.48. The average molecular weight is 123 g/mol. The average Bonchev–Trinajstić information content (AvgIpc) is 2.33. The molecule has 0 amide bonds. The topological polar surface area (TPSA) is 3.24 Å². The fraction of sp³-hybridized carbons (Fsp3) is 0.875. The summed E-state index contributed by atoms with van der Waals surface area (Å²) in [6.07, 6.45) is 8.91. The molecule has 50 valence electrons. The summed E-state index contributed by atoms with van der Waals surface area (Å²) in [6.45, 7) is 2.61. The van der Waals surface area contributed by atoms with Gasteiger partial charge in [0.1, 0.15) is 0 Å². The van der Waals surface area contributed by atoms with Crippen LogP contribution in [-0.4, -0.2) is 24.0 Å². The third-order valence-corrected chi connectivity index (χ3v) is 2.39. The Balaban J connectivity index is 1.97. The highest BCUT2D eigenvalue weighted by atomic mass is 15.2. The van der Waals surface area contributed by atoms with E-state index in [2.05, 4.69) is 11.3 Å². The number of piperidine rings is 1. The maximum absolute atomic E-state index is 3.48. The summed E-state index contributed by atoms with van der Waals surface area (Å²) in [7, 11) is 0. The number of hydrogen-bond acceptors (Lipinski definition) is 1. The van der Waals surface area contributed by atoms with Crippen molar-refractivity contribution in [3.05, 3.63) is 6.42 Å². The van der Waals surface area contributed by atoms with Crippen LogP contribution in [0.4, 0.5) is 0 Å². The van der Waals surface area contributed by atoms with Crippen LogP contribution in [-0.2, 0) is 0 Å². The van der Waals surface area contributed by atoms with Gasteiger partial charge < -0.3 is 0 Å². The Kier molecular flexibility index (Phi) is 1.46. The third-order valence-electron chi connectivity index (χ3n) is 2.39. The summed E-state index contributed by atoms with van der Waals surface area (Å²) in [5.41, 5.74) is 0. The molecule has 2 fully saturated rings. The highest BCUT2D eigenvalue weighted by Gasteiger charge is 2.26. The molecule has 0 N–H and O–H groups in total. The standard InChI is InChI=1S/C8H13N/c1-2-6-9-7-3-5-8(9)4-1/h8H,1-4,6-7H2. The highest BCUT2D eigenvalue weighted by molar-refractivity contribution is 4.94. The molecule has 0 aromatic rings. The summed E-state index contributed by atoms with van der Waals surface area (Å²) >= 11 is 0. The van der Waals surface area contributed by atoms with Crippen LogP contribution in [0.25, 0.3) is 0 Å². The van der Waals surface area contributed by atoms with Gasteiger partial charge in [-0.2, -0.15) is 0 Å². The monoisotopic (exact) mass is 123 g/mol. The van der Waals surface area contributed by atoms with Crippen molar-refractivity contribution in [3.63, 3.8) is 0 Å². The largest absolute Gasteiger partial charge is 0.300 e. The molecule has 0 aromatic carbocycles. The van der Waals surface area contributed by atoms with E-state index in [-0.39, 0.29) is 0 Å². The second kappa shape index (κ2) is 2.30. The van der Waals surface area contributed by atoms with Gasteiger partial charge in [-0.25, -0.2) is 0 Å². The van der Waals surface area contributed by atoms with E-state index in [9.17, 15) is 0 Å². The van der Waals surface area contributed by atoms with Crippen LogP contribution < -0.4 is 0 Å². The van der Waals surface area contributed by atoms with Crippen LogP contribution in [0.3, 0.4) is 0 Å². The van der Waals surface area contributed by atoms with Gasteiger partial charge in [0.05, 0.1) is 0 Å². The second-order valence-electron chi connectivity index (χ2n) is 3.00. The lowest BCUT2D eigenvalue weighted by atomic mass is 10.0. The van der Waals surface area contributed by atoms with Gasteiger partial charge in [0, 0.05) is 12.5 Å². The Morgan fingerprint density at radius 2 is 2.22 bits per heavy atom. The molecule has 2 rings (SSSR count). The molecule has 2 radical (unpaired) electrons. The lowest BCUT2D eigenvalue weighted by molar-refractivity contribution is 0.212. The van der Waals surface area contributed by atoms with Gasteiger partial charge in [-0.1, -0.05) is 6.42 Å². The molecule has 2 heterocycles. The Bertz CT molecular complexity index is 88.7. The van der Waals surface area contributed by atoms with Gasteiger partial charge in [-0.3, -0.25) is 4.90 Å². The Hall–Kier alpha value is -0.0400. The smallest absolute Gasteiger partial charge is 0.0164 e. The van der Waals surface area contributed by atoms with E-state index in [1.807, 2.05) is 0 Å². The normalized spacial score (nSPS) is 36.7. The highest BCUT2D eigenvalue weighted by Crippen LogP contribution is 2.25. The zero-order chi connectivity index (χ0) is 6.10. The van der Waals surface area contributed by atoms with Crippen molar-refractivity contribution in [2.75, 3.05) is 13.1 Å². The number of nitrogens with zero attached hydrogens (tertiary/aromatic N) is 1. The van der Waals surface area contributed by atoms with Crippen LogP contribution in [0.2, 0.25) is 0 Å². The van der Waals surface area contributed by atoms with Gasteiger partial charge in [-0.05, 0) is 32.4 Å². The quantitative estimate of drug-likeness (QED) is 0.469. The van der Waals surface area contributed by atoms with Crippen LogP contribution >= 0.6 is 0 Å². The van der Waals surface area contributed by atoms with Gasteiger partial charge in [0.15, 0.2) is 0 Å². The molecule has 2 saturated heterocycles. The van der Waals surface area contributed by atoms with Crippen LogP contribution in [0.5, 0.6) is 0 Å². The van der Waals surface area contributed by atoms with Crippen molar-refractivity contribution < 1.29 is 0 Å². The van der Waals surface area contributed by atoms with Crippen molar-refractivity contribution in [1.82, 2.24) is 4.90 Å². The molecule has 2 aliphatic heterocycles. The maximum Gasteiger partial charge on any atom is 0.0164 e. The fourth-order valence-electron chi connectivity index (χ4n) is 1.86. The minimum atomic E-state index is 0.749. The van der Waals surface area contributed by atoms with Crippen molar-refractivity contribution in [3.8, 4) is 0 Å². The molecule has 0 aliphatic carbocycles. The summed E-state index contributed by atoms with van der Waals surface area (Å²) in [5, 5.41) is 0. The zero-order valence-electron chi connectivity index (χ0n) is 5.77. The molecule has 1 atom stereocenters. The Morgan fingerprint density at radius 1 is 1.22 bits per heavy atom. The fourth-order valence-corrected chi connectivity index (χ4v) is 1.86. The van der Waals surface area contributed by atoms with Crippen LogP contribution in [0.15, 0.2) is 0 Å². The molecule has 1 nitrogen and oxygen atoms in total. The minimum absolute atomic E-state index is 0.749. The number of fused-ring (bicyclic) bond motifs is 1. The molecule has 2 aliphatic rings. The second-order valence-corrected chi connectivity index (χ2v) is 3.00. The van der Waals surface area contributed by atoms with Crippen molar-refractivity contribution in [1.29, 1.82) is 0 Å². The van der Waals surface area contributed by atoms with Crippen molar-refractivity contribution in [2.45, 2.75) is 31.7 Å². The van der Waals surface area contributed by atoms with Crippen molar-refractivity contribution in [2.24, 2.45) is 0 Å². The number of rotatable bonds is 0. The number of hydrogen-bond donors (Lipinski definition) is 0. The zero-order valence-corrected chi connectivity index (χ0v) is 5.77. The predicted octanol–water partition coefficient (Wildman–Crippen LogP) is 1.33. The van der Waals surface area contributed by atoms with E-state index in [1.165, 1.54) is 38.8 Å². The first-order valence-electron chi connectivity index (χ1n) is 3.94. The molecular formula is C8H13N. The molecule has 0 spiro atoms. The van der Waals surface area contributed by atoms with E-state index in [4.69, 9.17) is 0 Å². The first-order chi connectivity index (χ1) is 4.47. The van der Waals surface area contributed by atoms with Crippen molar-refractivity contribution >= 4 is 0 Å².